The van der Waals surface area contributed by atoms with E-state index >= 15 is 0 Å². The van der Waals surface area contributed by atoms with Crippen molar-refractivity contribution in [2.24, 2.45) is 0 Å². The Morgan fingerprint density at radius 2 is 1.60 bits per heavy atom. The Morgan fingerprint density at radius 1 is 0.886 bits per heavy atom. The highest BCUT2D eigenvalue weighted by atomic mass is 19.4. The number of pyridine rings is 2. The number of carbonyl (C=O) groups excluding carboxylic acids is 3. The molecule has 4 rings (SSSR count). The maximum absolute atomic E-state index is 13.2. The van der Waals surface area contributed by atoms with Gasteiger partial charge in [-0.2, -0.15) is 13.2 Å². The SMILES string of the molecule is O=C(Nc1cccnc1)c1ccccc1C(=O)OC(=O)c1c[nH]c2c(C(F)(F)F)cccc2c1=O. The number of fused-ring (bicyclic) bond motifs is 1. The van der Waals surface area contributed by atoms with Gasteiger partial charge in [-0.25, -0.2) is 9.59 Å². The summed E-state index contributed by atoms with van der Waals surface area (Å²) in [5.74, 6) is -3.30. The van der Waals surface area contributed by atoms with Crippen LogP contribution in [-0.2, 0) is 10.9 Å². The average Bonchev–Trinajstić information content (AvgIpc) is 2.84. The number of alkyl halides is 3. The molecule has 0 aliphatic rings. The van der Waals surface area contributed by atoms with Gasteiger partial charge in [-0.05, 0) is 36.4 Å². The highest BCUT2D eigenvalue weighted by molar-refractivity contribution is 6.13. The van der Waals surface area contributed by atoms with Gasteiger partial charge in [-0.1, -0.05) is 18.2 Å². The molecule has 0 bridgehead atoms. The quantitative estimate of drug-likeness (QED) is 0.333. The number of rotatable bonds is 4. The van der Waals surface area contributed by atoms with Crippen LogP contribution in [0.2, 0.25) is 0 Å². The number of para-hydroxylation sites is 1. The smallest absolute Gasteiger partial charge is 0.386 e. The van der Waals surface area contributed by atoms with Gasteiger partial charge in [0.1, 0.15) is 5.56 Å². The zero-order valence-electron chi connectivity index (χ0n) is 17.6. The van der Waals surface area contributed by atoms with Crippen molar-refractivity contribution < 1.29 is 32.3 Å². The van der Waals surface area contributed by atoms with Gasteiger partial charge in [0.2, 0.25) is 5.43 Å². The van der Waals surface area contributed by atoms with Crippen molar-refractivity contribution in [2.45, 2.75) is 6.18 Å². The van der Waals surface area contributed by atoms with E-state index in [-0.39, 0.29) is 11.1 Å². The van der Waals surface area contributed by atoms with Gasteiger partial charge in [-0.3, -0.25) is 14.6 Å². The second-order valence-electron chi connectivity index (χ2n) is 7.18. The van der Waals surface area contributed by atoms with E-state index in [0.717, 1.165) is 24.4 Å². The number of hydrogen-bond acceptors (Lipinski definition) is 6. The Morgan fingerprint density at radius 3 is 2.29 bits per heavy atom. The zero-order valence-corrected chi connectivity index (χ0v) is 17.6. The van der Waals surface area contributed by atoms with E-state index in [0.29, 0.717) is 5.69 Å². The van der Waals surface area contributed by atoms with E-state index < -0.39 is 51.5 Å². The standard InChI is InChI=1S/C24H14F3N3O5/c25-24(26,27)18-9-3-8-16-19(18)29-12-17(20(16)31)23(34)35-22(33)15-7-2-1-6-14(15)21(32)30-13-5-4-10-28-11-13/h1-12H,(H,29,31)(H,30,32). The van der Waals surface area contributed by atoms with E-state index in [1.165, 1.54) is 36.7 Å². The van der Waals surface area contributed by atoms with Crippen molar-refractivity contribution >= 4 is 34.4 Å². The number of anilines is 1. The first kappa shape index (κ1) is 23.4. The van der Waals surface area contributed by atoms with E-state index in [4.69, 9.17) is 4.74 Å². The van der Waals surface area contributed by atoms with Crippen LogP contribution in [0.3, 0.4) is 0 Å². The van der Waals surface area contributed by atoms with Crippen LogP contribution < -0.4 is 10.7 Å². The van der Waals surface area contributed by atoms with Crippen LogP contribution in [0.1, 0.15) is 36.6 Å². The number of nitrogens with zero attached hydrogens (tertiary/aromatic N) is 1. The second kappa shape index (κ2) is 9.21. The Kier molecular flexibility index (Phi) is 6.15. The largest absolute Gasteiger partial charge is 0.418 e. The molecular weight excluding hydrogens is 467 g/mol. The van der Waals surface area contributed by atoms with Crippen LogP contribution in [0.25, 0.3) is 10.9 Å². The number of ether oxygens (including phenoxy) is 1. The van der Waals surface area contributed by atoms with Crippen molar-refractivity contribution in [2.75, 3.05) is 5.32 Å². The number of halogens is 3. The molecular formula is C24H14F3N3O5. The molecule has 0 spiro atoms. The topological polar surface area (TPSA) is 118 Å². The van der Waals surface area contributed by atoms with E-state index in [2.05, 4.69) is 15.3 Å². The van der Waals surface area contributed by atoms with Crippen molar-refractivity contribution in [3.8, 4) is 0 Å². The van der Waals surface area contributed by atoms with Gasteiger partial charge in [0.05, 0.1) is 34.1 Å². The summed E-state index contributed by atoms with van der Waals surface area (Å²) >= 11 is 0. The first-order chi connectivity index (χ1) is 16.7. The summed E-state index contributed by atoms with van der Waals surface area (Å²) < 4.78 is 44.4. The highest BCUT2D eigenvalue weighted by Gasteiger charge is 2.33. The third-order valence-electron chi connectivity index (χ3n) is 4.94. The van der Waals surface area contributed by atoms with Gasteiger partial charge < -0.3 is 15.0 Å². The maximum atomic E-state index is 13.2. The molecule has 2 heterocycles. The third-order valence-corrected chi connectivity index (χ3v) is 4.94. The number of benzene rings is 2. The number of carbonyl (C=O) groups is 3. The Labute approximate surface area is 194 Å². The predicted octanol–water partition coefficient (Wildman–Crippen LogP) is 4.19. The molecule has 2 aromatic heterocycles. The van der Waals surface area contributed by atoms with E-state index in [1.54, 1.807) is 12.1 Å². The lowest BCUT2D eigenvalue weighted by atomic mass is 10.1. The van der Waals surface area contributed by atoms with Crippen LogP contribution in [0, 0.1) is 0 Å². The molecule has 0 saturated heterocycles. The van der Waals surface area contributed by atoms with Crippen LogP contribution in [0.4, 0.5) is 18.9 Å². The van der Waals surface area contributed by atoms with Crippen LogP contribution in [-0.4, -0.2) is 27.8 Å². The number of hydrogen-bond donors (Lipinski definition) is 2. The Bertz CT molecular complexity index is 1510. The van der Waals surface area contributed by atoms with Gasteiger partial charge in [0.15, 0.2) is 0 Å². The molecule has 11 heteroatoms. The van der Waals surface area contributed by atoms with Crippen molar-refractivity contribution in [1.29, 1.82) is 0 Å². The van der Waals surface area contributed by atoms with E-state index in [9.17, 15) is 32.3 Å². The summed E-state index contributed by atoms with van der Waals surface area (Å²) in [5, 5.41) is 2.14. The van der Waals surface area contributed by atoms with E-state index in [1.807, 2.05) is 0 Å². The van der Waals surface area contributed by atoms with Crippen molar-refractivity contribution in [1.82, 2.24) is 9.97 Å². The number of esters is 2. The summed E-state index contributed by atoms with van der Waals surface area (Å²) in [5.41, 5.74) is -3.34. The van der Waals surface area contributed by atoms with Crippen LogP contribution in [0.15, 0.2) is 78.0 Å². The van der Waals surface area contributed by atoms with Crippen molar-refractivity contribution in [3.63, 3.8) is 0 Å². The molecule has 0 aliphatic carbocycles. The number of aromatic amines is 1. The first-order valence-electron chi connectivity index (χ1n) is 9.95. The minimum Gasteiger partial charge on any atom is -0.386 e. The minimum absolute atomic E-state index is 0.114. The average molecular weight is 481 g/mol. The fraction of sp³-hybridized carbons (Fsp3) is 0.0417. The molecule has 2 N–H and O–H groups in total. The summed E-state index contributed by atoms with van der Waals surface area (Å²) in [6.07, 6.45) is -1.10. The number of H-pyrrole nitrogens is 1. The minimum atomic E-state index is -4.74. The molecule has 1 amide bonds. The Hall–Kier alpha value is -4.80. The molecule has 0 saturated carbocycles. The predicted molar refractivity (Wildman–Crippen MR) is 118 cm³/mol. The monoisotopic (exact) mass is 481 g/mol. The third kappa shape index (κ3) is 4.78. The number of amides is 1. The lowest BCUT2D eigenvalue weighted by molar-refractivity contribution is -0.136. The lowest BCUT2D eigenvalue weighted by Crippen LogP contribution is -2.23. The van der Waals surface area contributed by atoms with Crippen LogP contribution in [0.5, 0.6) is 0 Å². The summed E-state index contributed by atoms with van der Waals surface area (Å²) in [6, 6.07) is 11.6. The molecule has 0 radical (unpaired) electrons. The van der Waals surface area contributed by atoms with Crippen molar-refractivity contribution in [3.05, 3.63) is 106 Å². The normalized spacial score (nSPS) is 11.2. The van der Waals surface area contributed by atoms with Gasteiger partial charge >= 0.3 is 18.1 Å². The number of aromatic nitrogens is 2. The van der Waals surface area contributed by atoms with Gasteiger partial charge in [0, 0.05) is 17.8 Å². The number of nitrogens with one attached hydrogen (secondary N) is 2. The molecule has 35 heavy (non-hydrogen) atoms. The van der Waals surface area contributed by atoms with Crippen LogP contribution >= 0.6 is 0 Å². The molecule has 0 atom stereocenters. The molecule has 0 unspecified atom stereocenters. The first-order valence-corrected chi connectivity index (χ1v) is 9.95. The lowest BCUT2D eigenvalue weighted by Gasteiger charge is -2.11. The molecule has 4 aromatic rings. The molecule has 2 aromatic carbocycles. The molecule has 0 aliphatic heterocycles. The summed E-state index contributed by atoms with van der Waals surface area (Å²) in [6.45, 7) is 0. The maximum Gasteiger partial charge on any atom is 0.418 e. The molecule has 8 nitrogen and oxygen atoms in total. The summed E-state index contributed by atoms with van der Waals surface area (Å²) in [7, 11) is 0. The highest BCUT2D eigenvalue weighted by Crippen LogP contribution is 2.33. The fourth-order valence-corrected chi connectivity index (χ4v) is 3.33. The molecule has 176 valence electrons. The second-order valence-corrected chi connectivity index (χ2v) is 7.18. The Balaban J connectivity index is 1.61. The molecule has 0 fully saturated rings. The van der Waals surface area contributed by atoms with Gasteiger partial charge in [0.25, 0.3) is 5.91 Å². The van der Waals surface area contributed by atoms with Gasteiger partial charge in [-0.15, -0.1) is 0 Å². The summed E-state index contributed by atoms with van der Waals surface area (Å²) in [4.78, 5) is 56.7. The zero-order chi connectivity index (χ0) is 25.2. The fourth-order valence-electron chi connectivity index (χ4n) is 3.33.